The second-order valence-electron chi connectivity index (χ2n) is 4.28. The highest BCUT2D eigenvalue weighted by Crippen LogP contribution is 2.28. The van der Waals surface area contributed by atoms with Crippen molar-refractivity contribution in [1.82, 2.24) is 10.2 Å². The maximum absolute atomic E-state index is 11.0. The van der Waals surface area contributed by atoms with Crippen LogP contribution in [0.25, 0.3) is 0 Å². The Labute approximate surface area is 125 Å². The van der Waals surface area contributed by atoms with Gasteiger partial charge in [0.15, 0.2) is 0 Å². The number of nitrogens with zero attached hydrogens (tertiary/aromatic N) is 2. The number of para-hydroxylation sites is 1. The van der Waals surface area contributed by atoms with E-state index in [4.69, 9.17) is 0 Å². The van der Waals surface area contributed by atoms with E-state index in [1.807, 2.05) is 19.1 Å². The van der Waals surface area contributed by atoms with Crippen LogP contribution < -0.4 is 5.32 Å². The van der Waals surface area contributed by atoms with E-state index in [9.17, 15) is 10.1 Å². The molecule has 1 aliphatic rings. The number of hydrogen-bond donors (Lipinski definition) is 1. The molecular formula is C12H19Cl2N3O2. The van der Waals surface area contributed by atoms with Crippen LogP contribution in [0.3, 0.4) is 0 Å². The summed E-state index contributed by atoms with van der Waals surface area (Å²) in [5, 5.41) is 14.3. The molecule has 1 atom stereocenters. The number of nitro benzene ring substituents is 1. The van der Waals surface area contributed by atoms with Crippen LogP contribution in [0.1, 0.15) is 18.5 Å². The van der Waals surface area contributed by atoms with Crippen LogP contribution in [-0.4, -0.2) is 36.0 Å². The summed E-state index contributed by atoms with van der Waals surface area (Å²) in [6, 6.07) is 7.10. The molecule has 1 aromatic carbocycles. The van der Waals surface area contributed by atoms with Crippen molar-refractivity contribution in [1.29, 1.82) is 0 Å². The van der Waals surface area contributed by atoms with Gasteiger partial charge in [-0.25, -0.2) is 0 Å². The predicted octanol–water partition coefficient (Wildman–Crippen LogP) is 2.40. The van der Waals surface area contributed by atoms with Crippen LogP contribution in [0.5, 0.6) is 0 Å². The molecule has 1 fully saturated rings. The molecule has 1 N–H and O–H groups in total. The zero-order valence-electron chi connectivity index (χ0n) is 10.7. The standard InChI is InChI=1S/C12H17N3O2.2ClH/c1-10(14-8-6-13-7-9-14)11-4-2-3-5-12(11)15(16)17;;/h2-5,10,13H,6-9H2,1H3;2*1H/t10-;;/m0../s1. The van der Waals surface area contributed by atoms with Crippen molar-refractivity contribution in [3.63, 3.8) is 0 Å². The normalized spacial score (nSPS) is 16.9. The molecule has 0 unspecified atom stereocenters. The van der Waals surface area contributed by atoms with Gasteiger partial charge in [-0.15, -0.1) is 24.8 Å². The molecule has 0 spiro atoms. The summed E-state index contributed by atoms with van der Waals surface area (Å²) in [7, 11) is 0. The number of nitrogens with one attached hydrogen (secondary N) is 1. The molecule has 0 bridgehead atoms. The first-order valence-corrected chi connectivity index (χ1v) is 5.88. The van der Waals surface area contributed by atoms with Crippen LogP contribution in [0, 0.1) is 10.1 Å². The highest BCUT2D eigenvalue weighted by molar-refractivity contribution is 5.85. The summed E-state index contributed by atoms with van der Waals surface area (Å²) < 4.78 is 0. The molecule has 0 radical (unpaired) electrons. The molecule has 1 aliphatic heterocycles. The minimum absolute atomic E-state index is 0. The quantitative estimate of drug-likeness (QED) is 0.688. The number of nitro groups is 1. The predicted molar refractivity (Wildman–Crippen MR) is 80.5 cm³/mol. The van der Waals surface area contributed by atoms with Gasteiger partial charge in [0.2, 0.25) is 0 Å². The molecule has 19 heavy (non-hydrogen) atoms. The molecule has 2 rings (SSSR count). The molecule has 5 nitrogen and oxygen atoms in total. The molecule has 0 saturated carbocycles. The summed E-state index contributed by atoms with van der Waals surface area (Å²) in [6.07, 6.45) is 0. The first-order chi connectivity index (χ1) is 8.20. The third kappa shape index (κ3) is 4.31. The molecule has 1 saturated heterocycles. The fourth-order valence-electron chi connectivity index (χ4n) is 2.27. The Bertz CT molecular complexity index is 412. The fraction of sp³-hybridized carbons (Fsp3) is 0.500. The number of rotatable bonds is 3. The van der Waals surface area contributed by atoms with Gasteiger partial charge in [0.1, 0.15) is 0 Å². The van der Waals surface area contributed by atoms with Crippen molar-refractivity contribution in [2.24, 2.45) is 0 Å². The molecule has 0 amide bonds. The highest BCUT2D eigenvalue weighted by atomic mass is 35.5. The number of benzene rings is 1. The Hall–Kier alpha value is -0.880. The summed E-state index contributed by atoms with van der Waals surface area (Å²) in [4.78, 5) is 13.0. The third-order valence-electron chi connectivity index (χ3n) is 3.28. The molecular weight excluding hydrogens is 289 g/mol. The summed E-state index contributed by atoms with van der Waals surface area (Å²) in [5.41, 5.74) is 1.03. The molecule has 0 aromatic heterocycles. The minimum Gasteiger partial charge on any atom is -0.314 e. The zero-order valence-corrected chi connectivity index (χ0v) is 12.4. The first-order valence-electron chi connectivity index (χ1n) is 5.88. The van der Waals surface area contributed by atoms with Crippen molar-refractivity contribution in [2.45, 2.75) is 13.0 Å². The van der Waals surface area contributed by atoms with E-state index < -0.39 is 0 Å². The van der Waals surface area contributed by atoms with Gasteiger partial charge in [0, 0.05) is 43.9 Å². The van der Waals surface area contributed by atoms with E-state index >= 15 is 0 Å². The van der Waals surface area contributed by atoms with Crippen LogP contribution in [0.2, 0.25) is 0 Å². The van der Waals surface area contributed by atoms with E-state index in [1.54, 1.807) is 12.1 Å². The van der Waals surface area contributed by atoms with Crippen molar-refractivity contribution >= 4 is 30.5 Å². The topological polar surface area (TPSA) is 58.4 Å². The second-order valence-corrected chi connectivity index (χ2v) is 4.28. The zero-order chi connectivity index (χ0) is 12.3. The Morgan fingerprint density at radius 3 is 2.42 bits per heavy atom. The van der Waals surface area contributed by atoms with Gasteiger partial charge in [-0.2, -0.15) is 0 Å². The van der Waals surface area contributed by atoms with Gasteiger partial charge in [0.25, 0.3) is 5.69 Å². The average molecular weight is 308 g/mol. The number of piperazine rings is 1. The third-order valence-corrected chi connectivity index (χ3v) is 3.28. The van der Waals surface area contributed by atoms with Gasteiger partial charge in [-0.1, -0.05) is 18.2 Å². The first kappa shape index (κ1) is 18.1. The van der Waals surface area contributed by atoms with Gasteiger partial charge in [0.05, 0.1) is 4.92 Å². The van der Waals surface area contributed by atoms with Gasteiger partial charge >= 0.3 is 0 Å². The van der Waals surface area contributed by atoms with Crippen molar-refractivity contribution in [3.05, 3.63) is 39.9 Å². The number of hydrogen-bond acceptors (Lipinski definition) is 4. The minimum atomic E-state index is -0.298. The Morgan fingerprint density at radius 1 is 1.26 bits per heavy atom. The summed E-state index contributed by atoms with van der Waals surface area (Å²) in [5.74, 6) is 0. The van der Waals surface area contributed by atoms with Crippen molar-refractivity contribution < 1.29 is 4.92 Å². The van der Waals surface area contributed by atoms with Crippen LogP contribution in [0.15, 0.2) is 24.3 Å². The highest BCUT2D eigenvalue weighted by Gasteiger charge is 2.24. The molecule has 7 heteroatoms. The fourth-order valence-corrected chi connectivity index (χ4v) is 2.27. The van der Waals surface area contributed by atoms with E-state index in [0.717, 1.165) is 31.7 Å². The van der Waals surface area contributed by atoms with Crippen molar-refractivity contribution in [2.75, 3.05) is 26.2 Å². The average Bonchev–Trinajstić information content (AvgIpc) is 2.39. The second kappa shape index (κ2) is 8.32. The molecule has 108 valence electrons. The lowest BCUT2D eigenvalue weighted by Gasteiger charge is -2.32. The maximum Gasteiger partial charge on any atom is 0.274 e. The Kier molecular flexibility index (Phi) is 7.94. The van der Waals surface area contributed by atoms with Crippen LogP contribution in [0.4, 0.5) is 5.69 Å². The van der Waals surface area contributed by atoms with Gasteiger partial charge in [-0.3, -0.25) is 15.0 Å². The maximum atomic E-state index is 11.0. The summed E-state index contributed by atoms with van der Waals surface area (Å²) >= 11 is 0. The van der Waals surface area contributed by atoms with E-state index in [1.165, 1.54) is 0 Å². The van der Waals surface area contributed by atoms with Gasteiger partial charge in [-0.05, 0) is 6.92 Å². The lowest BCUT2D eigenvalue weighted by atomic mass is 10.0. The van der Waals surface area contributed by atoms with Crippen molar-refractivity contribution in [3.8, 4) is 0 Å². The van der Waals surface area contributed by atoms with E-state index in [-0.39, 0.29) is 41.5 Å². The van der Waals surface area contributed by atoms with Gasteiger partial charge < -0.3 is 5.32 Å². The summed E-state index contributed by atoms with van der Waals surface area (Å²) in [6.45, 7) is 5.81. The number of halogens is 2. The van der Waals surface area contributed by atoms with E-state index in [2.05, 4.69) is 10.2 Å². The molecule has 1 heterocycles. The van der Waals surface area contributed by atoms with E-state index in [0.29, 0.717) is 0 Å². The Morgan fingerprint density at radius 2 is 1.84 bits per heavy atom. The monoisotopic (exact) mass is 307 g/mol. The Balaban J connectivity index is 0.00000162. The molecule has 1 aromatic rings. The molecule has 0 aliphatic carbocycles. The van der Waals surface area contributed by atoms with Crippen LogP contribution in [-0.2, 0) is 0 Å². The largest absolute Gasteiger partial charge is 0.314 e. The smallest absolute Gasteiger partial charge is 0.274 e. The SMILES string of the molecule is C[C@@H](c1ccccc1[N+](=O)[O-])N1CCNCC1.Cl.Cl. The lowest BCUT2D eigenvalue weighted by molar-refractivity contribution is -0.386. The van der Waals surface area contributed by atoms with Crippen LogP contribution >= 0.6 is 24.8 Å². The lowest BCUT2D eigenvalue weighted by Crippen LogP contribution is -2.44.